The second-order valence-electron chi connectivity index (χ2n) is 4.29. The number of hydrogen-bond donors (Lipinski definition) is 2. The van der Waals surface area contributed by atoms with E-state index in [0.717, 1.165) is 11.3 Å². The third-order valence-electron chi connectivity index (χ3n) is 2.05. The Labute approximate surface area is 116 Å². The minimum absolute atomic E-state index is 0.00330. The number of carbonyl (C=O) groups is 1. The molecule has 1 heterocycles. The predicted molar refractivity (Wildman–Crippen MR) is 72.1 cm³/mol. The molecule has 0 atom stereocenters. The molecule has 0 amide bonds. The van der Waals surface area contributed by atoms with Gasteiger partial charge in [0.05, 0.1) is 6.61 Å². The lowest BCUT2D eigenvalue weighted by molar-refractivity contribution is 0.0702. The lowest BCUT2D eigenvalue weighted by Gasteiger charge is -2.07. The van der Waals surface area contributed by atoms with Crippen molar-refractivity contribution in [3.05, 3.63) is 17.0 Å². The molecule has 6 nitrogen and oxygen atoms in total. The first-order valence-electron chi connectivity index (χ1n) is 5.73. The fourth-order valence-corrected chi connectivity index (χ4v) is 3.42. The van der Waals surface area contributed by atoms with E-state index in [9.17, 15) is 13.2 Å². The quantitative estimate of drug-likeness (QED) is 0.708. The second-order valence-corrected chi connectivity index (χ2v) is 7.37. The van der Waals surface area contributed by atoms with E-state index >= 15 is 0 Å². The average Bonchev–Trinajstić information content (AvgIpc) is 2.77. The van der Waals surface area contributed by atoms with Gasteiger partial charge in [-0.3, -0.25) is 0 Å². The van der Waals surface area contributed by atoms with Crippen molar-refractivity contribution in [1.29, 1.82) is 0 Å². The van der Waals surface area contributed by atoms with E-state index in [1.807, 2.05) is 13.8 Å². The molecule has 108 valence electrons. The van der Waals surface area contributed by atoms with E-state index in [1.165, 1.54) is 12.1 Å². The smallest absolute Gasteiger partial charge is 0.345 e. The Kier molecular flexibility index (Phi) is 5.92. The summed E-state index contributed by atoms with van der Waals surface area (Å²) in [5.41, 5.74) is 0. The molecular formula is C11H17NO5S2. The normalized spacial score (nSPS) is 11.9. The molecule has 19 heavy (non-hydrogen) atoms. The van der Waals surface area contributed by atoms with Gasteiger partial charge in [-0.1, -0.05) is 13.8 Å². The molecule has 1 aromatic rings. The molecular weight excluding hydrogens is 290 g/mol. The number of carboxylic acids is 1. The first kappa shape index (κ1) is 16.1. The van der Waals surface area contributed by atoms with Crippen LogP contribution >= 0.6 is 11.3 Å². The predicted octanol–water partition coefficient (Wildman–Crippen LogP) is 1.40. The maximum atomic E-state index is 11.8. The third-order valence-corrected chi connectivity index (χ3v) is 5.07. The van der Waals surface area contributed by atoms with Crippen molar-refractivity contribution in [3.63, 3.8) is 0 Å². The van der Waals surface area contributed by atoms with Crippen LogP contribution in [-0.2, 0) is 14.8 Å². The van der Waals surface area contributed by atoms with Crippen molar-refractivity contribution in [2.24, 2.45) is 5.92 Å². The Morgan fingerprint density at radius 3 is 2.68 bits per heavy atom. The zero-order valence-electron chi connectivity index (χ0n) is 10.8. The number of sulfonamides is 1. The van der Waals surface area contributed by atoms with E-state index < -0.39 is 16.0 Å². The van der Waals surface area contributed by atoms with Gasteiger partial charge in [0, 0.05) is 13.2 Å². The molecule has 0 saturated heterocycles. The molecule has 8 heteroatoms. The number of ether oxygens (including phenoxy) is 1. The van der Waals surface area contributed by atoms with Gasteiger partial charge in [-0.2, -0.15) is 0 Å². The summed E-state index contributed by atoms with van der Waals surface area (Å²) in [5, 5.41) is 8.74. The summed E-state index contributed by atoms with van der Waals surface area (Å²) in [5.74, 6) is -0.737. The van der Waals surface area contributed by atoms with Gasteiger partial charge in [-0.05, 0) is 18.1 Å². The van der Waals surface area contributed by atoms with Crippen LogP contribution in [0.2, 0.25) is 0 Å². The van der Waals surface area contributed by atoms with E-state index in [0.29, 0.717) is 12.5 Å². The minimum atomic E-state index is -3.65. The highest BCUT2D eigenvalue weighted by molar-refractivity contribution is 7.91. The average molecular weight is 307 g/mol. The SMILES string of the molecule is CC(C)COCCNS(=O)(=O)c1ccc(C(=O)O)s1. The fourth-order valence-electron chi connectivity index (χ4n) is 1.22. The number of thiophene rings is 1. The summed E-state index contributed by atoms with van der Waals surface area (Å²) in [7, 11) is -3.65. The van der Waals surface area contributed by atoms with Crippen LogP contribution in [0.5, 0.6) is 0 Å². The fraction of sp³-hybridized carbons (Fsp3) is 0.545. The number of nitrogens with one attached hydrogen (secondary N) is 1. The number of aromatic carboxylic acids is 1. The molecule has 0 radical (unpaired) electrons. The molecule has 1 aromatic heterocycles. The highest BCUT2D eigenvalue weighted by Gasteiger charge is 2.18. The molecule has 0 aliphatic carbocycles. The number of carboxylic acid groups (broad SMARTS) is 1. The van der Waals surface area contributed by atoms with Gasteiger partial charge in [-0.15, -0.1) is 11.3 Å². The Balaban J connectivity index is 2.49. The summed E-state index contributed by atoms with van der Waals surface area (Å²) in [6, 6.07) is 2.56. The van der Waals surface area contributed by atoms with E-state index in [1.54, 1.807) is 0 Å². The van der Waals surface area contributed by atoms with E-state index in [-0.39, 0.29) is 22.2 Å². The molecule has 0 spiro atoms. The molecule has 1 rings (SSSR count). The highest BCUT2D eigenvalue weighted by Crippen LogP contribution is 2.21. The van der Waals surface area contributed by atoms with Gasteiger partial charge >= 0.3 is 5.97 Å². The van der Waals surface area contributed by atoms with Crippen LogP contribution in [0.3, 0.4) is 0 Å². The van der Waals surface area contributed by atoms with Crippen molar-refractivity contribution < 1.29 is 23.1 Å². The van der Waals surface area contributed by atoms with Crippen molar-refractivity contribution >= 4 is 27.3 Å². The van der Waals surface area contributed by atoms with Crippen molar-refractivity contribution in [2.45, 2.75) is 18.1 Å². The summed E-state index contributed by atoms with van der Waals surface area (Å²) in [6.45, 7) is 5.03. The van der Waals surface area contributed by atoms with Crippen molar-refractivity contribution in [2.75, 3.05) is 19.8 Å². The van der Waals surface area contributed by atoms with Crippen LogP contribution in [0.1, 0.15) is 23.5 Å². The standard InChI is InChI=1S/C11H17NO5S2/c1-8(2)7-17-6-5-12-19(15,16)10-4-3-9(18-10)11(13)14/h3-4,8,12H,5-7H2,1-2H3,(H,13,14). The van der Waals surface area contributed by atoms with E-state index in [4.69, 9.17) is 9.84 Å². The zero-order chi connectivity index (χ0) is 14.5. The first-order valence-corrected chi connectivity index (χ1v) is 8.03. The third kappa shape index (κ3) is 5.27. The van der Waals surface area contributed by atoms with Crippen LogP contribution in [0.15, 0.2) is 16.3 Å². The van der Waals surface area contributed by atoms with Gasteiger partial charge in [0.15, 0.2) is 0 Å². The first-order chi connectivity index (χ1) is 8.83. The van der Waals surface area contributed by atoms with Crippen LogP contribution < -0.4 is 4.72 Å². The lowest BCUT2D eigenvalue weighted by atomic mass is 10.2. The second kappa shape index (κ2) is 6.99. The van der Waals surface area contributed by atoms with E-state index in [2.05, 4.69) is 4.72 Å². The van der Waals surface area contributed by atoms with Crippen LogP contribution in [0.4, 0.5) is 0 Å². The van der Waals surface area contributed by atoms with Gasteiger partial charge in [0.1, 0.15) is 9.09 Å². The van der Waals surface area contributed by atoms with Crippen molar-refractivity contribution in [1.82, 2.24) is 4.72 Å². The Morgan fingerprint density at radius 1 is 1.47 bits per heavy atom. The topological polar surface area (TPSA) is 92.7 Å². The lowest BCUT2D eigenvalue weighted by Crippen LogP contribution is -2.27. The van der Waals surface area contributed by atoms with Crippen molar-refractivity contribution in [3.8, 4) is 0 Å². The van der Waals surface area contributed by atoms with Gasteiger partial charge in [0.2, 0.25) is 10.0 Å². The molecule has 0 fully saturated rings. The zero-order valence-corrected chi connectivity index (χ0v) is 12.4. The molecule has 0 saturated carbocycles. The number of rotatable bonds is 8. The Morgan fingerprint density at radius 2 is 2.16 bits per heavy atom. The monoisotopic (exact) mass is 307 g/mol. The largest absolute Gasteiger partial charge is 0.477 e. The highest BCUT2D eigenvalue weighted by atomic mass is 32.2. The molecule has 0 bridgehead atoms. The maximum absolute atomic E-state index is 11.8. The molecule has 0 aliphatic heterocycles. The summed E-state index contributed by atoms with van der Waals surface area (Å²) >= 11 is 0.726. The summed E-state index contributed by atoms with van der Waals surface area (Å²) < 4.78 is 31.2. The van der Waals surface area contributed by atoms with Crippen LogP contribution in [0, 0.1) is 5.92 Å². The summed E-state index contributed by atoms with van der Waals surface area (Å²) in [6.07, 6.45) is 0. The molecule has 0 aromatic carbocycles. The molecule has 0 aliphatic rings. The van der Waals surface area contributed by atoms with Crippen LogP contribution in [0.25, 0.3) is 0 Å². The summed E-state index contributed by atoms with van der Waals surface area (Å²) in [4.78, 5) is 10.7. The maximum Gasteiger partial charge on any atom is 0.345 e. The van der Waals surface area contributed by atoms with Gasteiger partial charge in [-0.25, -0.2) is 17.9 Å². The van der Waals surface area contributed by atoms with Crippen LogP contribution in [-0.4, -0.2) is 39.3 Å². The Bertz CT molecular complexity index is 521. The Hall–Kier alpha value is -0.960. The number of hydrogen-bond acceptors (Lipinski definition) is 5. The minimum Gasteiger partial charge on any atom is -0.477 e. The molecule has 2 N–H and O–H groups in total. The van der Waals surface area contributed by atoms with Gasteiger partial charge in [0.25, 0.3) is 0 Å². The van der Waals surface area contributed by atoms with Gasteiger partial charge < -0.3 is 9.84 Å². The molecule has 0 unspecified atom stereocenters.